The van der Waals surface area contributed by atoms with E-state index in [1.54, 1.807) is 24.3 Å². The van der Waals surface area contributed by atoms with E-state index in [4.69, 9.17) is 11.2 Å². The van der Waals surface area contributed by atoms with Crippen molar-refractivity contribution in [1.29, 1.82) is 0 Å². The van der Waals surface area contributed by atoms with Gasteiger partial charge >= 0.3 is 0 Å². The Labute approximate surface area is 143 Å². The SMILES string of the molecule is C#CC1(CN(Cc2ccccc2)S(=O)(=O)c2ccc(C)cc2)CO1. The lowest BCUT2D eigenvalue weighted by Crippen LogP contribution is -2.38. The van der Waals surface area contributed by atoms with Gasteiger partial charge in [0.2, 0.25) is 10.0 Å². The predicted octanol–water partition coefficient (Wildman–Crippen LogP) is 2.59. The van der Waals surface area contributed by atoms with Crippen molar-refractivity contribution in [1.82, 2.24) is 4.31 Å². The van der Waals surface area contributed by atoms with Crippen molar-refractivity contribution in [3.05, 3.63) is 65.7 Å². The molecule has 0 aliphatic carbocycles. The van der Waals surface area contributed by atoms with Gasteiger partial charge in [-0.05, 0) is 24.6 Å². The van der Waals surface area contributed by atoms with Gasteiger partial charge in [0.05, 0.1) is 18.0 Å². The van der Waals surface area contributed by atoms with Gasteiger partial charge in [0.15, 0.2) is 5.60 Å². The van der Waals surface area contributed by atoms with Gasteiger partial charge in [-0.15, -0.1) is 6.42 Å². The summed E-state index contributed by atoms with van der Waals surface area (Å²) in [5, 5.41) is 0. The molecule has 24 heavy (non-hydrogen) atoms. The van der Waals surface area contributed by atoms with Crippen LogP contribution in [0, 0.1) is 19.3 Å². The van der Waals surface area contributed by atoms with E-state index < -0.39 is 15.6 Å². The Balaban J connectivity index is 1.94. The normalized spacial score (nSPS) is 19.9. The molecular formula is C19H19NO3S. The molecular weight excluding hydrogens is 322 g/mol. The summed E-state index contributed by atoms with van der Waals surface area (Å²) in [5.74, 6) is 2.57. The molecule has 1 aliphatic rings. The van der Waals surface area contributed by atoms with Crippen LogP contribution in [0.3, 0.4) is 0 Å². The lowest BCUT2D eigenvalue weighted by Gasteiger charge is -2.24. The first kappa shape index (κ1) is 16.7. The number of hydrogen-bond acceptors (Lipinski definition) is 3. The minimum Gasteiger partial charge on any atom is -0.354 e. The maximum absolute atomic E-state index is 13.1. The van der Waals surface area contributed by atoms with Crippen LogP contribution in [0.25, 0.3) is 0 Å². The van der Waals surface area contributed by atoms with Crippen molar-refractivity contribution in [2.75, 3.05) is 13.2 Å². The van der Waals surface area contributed by atoms with Gasteiger partial charge in [-0.3, -0.25) is 0 Å². The summed E-state index contributed by atoms with van der Waals surface area (Å²) >= 11 is 0. The summed E-state index contributed by atoms with van der Waals surface area (Å²) < 4.78 is 32.9. The first-order valence-electron chi connectivity index (χ1n) is 7.68. The number of aryl methyl sites for hydroxylation is 1. The van der Waals surface area contributed by atoms with Crippen LogP contribution >= 0.6 is 0 Å². The summed E-state index contributed by atoms with van der Waals surface area (Å²) in [7, 11) is -3.66. The third-order valence-electron chi connectivity index (χ3n) is 4.05. The summed E-state index contributed by atoms with van der Waals surface area (Å²) in [6.07, 6.45) is 5.52. The van der Waals surface area contributed by atoms with Crippen molar-refractivity contribution < 1.29 is 13.2 Å². The molecule has 0 bridgehead atoms. The fraction of sp³-hybridized carbons (Fsp3) is 0.263. The van der Waals surface area contributed by atoms with E-state index in [9.17, 15) is 8.42 Å². The quantitative estimate of drug-likeness (QED) is 0.599. The second kappa shape index (κ2) is 6.40. The number of nitrogens with zero attached hydrogens (tertiary/aromatic N) is 1. The highest BCUT2D eigenvalue weighted by Crippen LogP contribution is 2.30. The largest absolute Gasteiger partial charge is 0.354 e. The van der Waals surface area contributed by atoms with Crippen LogP contribution in [0.5, 0.6) is 0 Å². The molecule has 3 rings (SSSR count). The van der Waals surface area contributed by atoms with Crippen LogP contribution in [0.1, 0.15) is 11.1 Å². The van der Waals surface area contributed by atoms with Gasteiger partial charge in [0.1, 0.15) is 0 Å². The smallest absolute Gasteiger partial charge is 0.243 e. The Kier molecular flexibility index (Phi) is 4.46. The fourth-order valence-electron chi connectivity index (χ4n) is 2.46. The molecule has 4 nitrogen and oxygen atoms in total. The lowest BCUT2D eigenvalue weighted by atomic mass is 10.1. The summed E-state index contributed by atoms with van der Waals surface area (Å²) in [4.78, 5) is 0.261. The first-order chi connectivity index (χ1) is 11.5. The van der Waals surface area contributed by atoms with Gasteiger partial charge in [-0.1, -0.05) is 53.9 Å². The molecule has 1 unspecified atom stereocenters. The van der Waals surface area contributed by atoms with Gasteiger partial charge in [0, 0.05) is 6.54 Å². The van der Waals surface area contributed by atoms with E-state index in [0.717, 1.165) is 11.1 Å². The zero-order valence-electron chi connectivity index (χ0n) is 13.5. The minimum absolute atomic E-state index is 0.147. The van der Waals surface area contributed by atoms with Gasteiger partial charge < -0.3 is 4.74 Å². The molecule has 1 fully saturated rings. The average Bonchev–Trinajstić information content (AvgIpc) is 3.36. The van der Waals surface area contributed by atoms with E-state index >= 15 is 0 Å². The van der Waals surface area contributed by atoms with Crippen LogP contribution in [-0.2, 0) is 21.3 Å². The third-order valence-corrected chi connectivity index (χ3v) is 5.85. The number of benzene rings is 2. The van der Waals surface area contributed by atoms with Crippen LogP contribution in [0.15, 0.2) is 59.5 Å². The first-order valence-corrected chi connectivity index (χ1v) is 9.12. The molecule has 1 aliphatic heterocycles. The van der Waals surface area contributed by atoms with Crippen molar-refractivity contribution in [3.63, 3.8) is 0 Å². The van der Waals surface area contributed by atoms with Crippen molar-refractivity contribution in [2.24, 2.45) is 0 Å². The topological polar surface area (TPSA) is 49.9 Å². The Morgan fingerprint density at radius 3 is 2.33 bits per heavy atom. The monoisotopic (exact) mass is 341 g/mol. The average molecular weight is 341 g/mol. The van der Waals surface area contributed by atoms with Crippen molar-refractivity contribution in [2.45, 2.75) is 24.0 Å². The number of epoxide rings is 1. The highest BCUT2D eigenvalue weighted by Gasteiger charge is 2.46. The van der Waals surface area contributed by atoms with E-state index in [-0.39, 0.29) is 18.0 Å². The van der Waals surface area contributed by atoms with E-state index in [2.05, 4.69) is 5.92 Å². The molecule has 2 aromatic carbocycles. The number of terminal acetylenes is 1. The maximum atomic E-state index is 13.1. The van der Waals surface area contributed by atoms with Crippen LogP contribution < -0.4 is 0 Å². The fourth-order valence-corrected chi connectivity index (χ4v) is 3.94. The number of sulfonamides is 1. The Bertz CT molecular complexity index is 848. The standard InChI is InChI=1S/C19H19NO3S/c1-3-19(15-23-19)14-20(13-17-7-5-4-6-8-17)24(21,22)18-11-9-16(2)10-12-18/h1,4-12H,13-15H2,2H3. The van der Waals surface area contributed by atoms with Crippen LogP contribution in [0.2, 0.25) is 0 Å². The van der Waals surface area contributed by atoms with E-state index in [1.807, 2.05) is 37.3 Å². The molecule has 5 heteroatoms. The minimum atomic E-state index is -3.66. The predicted molar refractivity (Wildman–Crippen MR) is 92.7 cm³/mol. The van der Waals surface area contributed by atoms with Gasteiger partial charge in [-0.25, -0.2) is 8.42 Å². The van der Waals surface area contributed by atoms with Gasteiger partial charge in [-0.2, -0.15) is 4.31 Å². The van der Waals surface area contributed by atoms with Crippen molar-refractivity contribution >= 4 is 10.0 Å². The second-order valence-corrected chi connectivity index (χ2v) is 7.94. The molecule has 0 spiro atoms. The molecule has 1 atom stereocenters. The van der Waals surface area contributed by atoms with Crippen molar-refractivity contribution in [3.8, 4) is 12.3 Å². The maximum Gasteiger partial charge on any atom is 0.243 e. The number of ether oxygens (including phenoxy) is 1. The summed E-state index contributed by atoms with van der Waals surface area (Å²) in [6.45, 7) is 2.71. The molecule has 0 N–H and O–H groups in total. The number of hydrogen-bond donors (Lipinski definition) is 0. The van der Waals surface area contributed by atoms with Crippen LogP contribution in [0.4, 0.5) is 0 Å². The molecule has 124 valence electrons. The van der Waals surface area contributed by atoms with Gasteiger partial charge in [0.25, 0.3) is 0 Å². The zero-order chi connectivity index (χ0) is 17.2. The highest BCUT2D eigenvalue weighted by atomic mass is 32.2. The number of rotatable bonds is 6. The summed E-state index contributed by atoms with van der Waals surface area (Å²) in [6, 6.07) is 16.3. The van der Waals surface area contributed by atoms with E-state index in [1.165, 1.54) is 4.31 Å². The Morgan fingerprint density at radius 2 is 1.79 bits per heavy atom. The molecule has 0 amide bonds. The lowest BCUT2D eigenvalue weighted by molar-refractivity contribution is 0.290. The molecule has 2 aromatic rings. The highest BCUT2D eigenvalue weighted by molar-refractivity contribution is 7.89. The second-order valence-electron chi connectivity index (χ2n) is 6.00. The summed E-state index contributed by atoms with van der Waals surface area (Å²) in [5.41, 5.74) is 1.11. The molecule has 0 saturated carbocycles. The zero-order valence-corrected chi connectivity index (χ0v) is 14.3. The Morgan fingerprint density at radius 1 is 1.17 bits per heavy atom. The molecule has 0 radical (unpaired) electrons. The molecule has 1 heterocycles. The molecule has 1 saturated heterocycles. The molecule has 0 aromatic heterocycles. The van der Waals surface area contributed by atoms with Crippen LogP contribution in [-0.4, -0.2) is 31.5 Å². The Hall–Kier alpha value is -2.13. The van der Waals surface area contributed by atoms with E-state index in [0.29, 0.717) is 6.61 Å². The third kappa shape index (κ3) is 3.51.